The fourth-order valence-corrected chi connectivity index (χ4v) is 3.28. The number of amides is 1. The van der Waals surface area contributed by atoms with E-state index in [2.05, 4.69) is 31.3 Å². The molecule has 0 atom stereocenters. The van der Waals surface area contributed by atoms with E-state index in [4.69, 9.17) is 0 Å². The lowest BCUT2D eigenvalue weighted by Gasteiger charge is -2.46. The van der Waals surface area contributed by atoms with Gasteiger partial charge in [-0.3, -0.25) is 9.69 Å². The molecule has 1 aliphatic heterocycles. The van der Waals surface area contributed by atoms with E-state index in [0.717, 1.165) is 29.7 Å². The lowest BCUT2D eigenvalue weighted by molar-refractivity contribution is -0.129. The van der Waals surface area contributed by atoms with E-state index in [1.807, 2.05) is 18.7 Å². The van der Waals surface area contributed by atoms with Crippen molar-refractivity contribution < 1.29 is 9.90 Å². The van der Waals surface area contributed by atoms with Crippen LogP contribution in [0.5, 0.6) is 0 Å². The number of hydrogen-bond donors (Lipinski definition) is 2. The van der Waals surface area contributed by atoms with Gasteiger partial charge in [-0.15, -0.1) is 0 Å². The molecule has 2 N–H and O–H groups in total. The Bertz CT molecular complexity index is 511. The van der Waals surface area contributed by atoms with Crippen molar-refractivity contribution in [2.24, 2.45) is 0 Å². The van der Waals surface area contributed by atoms with Gasteiger partial charge in [0.1, 0.15) is 0 Å². The number of likely N-dealkylation sites (tertiary alicyclic amines) is 1. The van der Waals surface area contributed by atoms with Gasteiger partial charge in [-0.05, 0) is 38.3 Å². The Morgan fingerprint density at radius 2 is 1.86 bits per heavy atom. The topological polar surface area (TPSA) is 52.6 Å². The molecule has 1 aliphatic rings. The van der Waals surface area contributed by atoms with Crippen molar-refractivity contribution in [3.05, 3.63) is 28.8 Å². The molecule has 0 unspecified atom stereocenters. The summed E-state index contributed by atoms with van der Waals surface area (Å²) in [6.45, 7) is 9.69. The zero-order valence-corrected chi connectivity index (χ0v) is 13.5. The molecule has 0 aromatic heterocycles. The molecule has 0 bridgehead atoms. The van der Waals surface area contributed by atoms with E-state index in [9.17, 15) is 9.90 Å². The Hall–Kier alpha value is -1.39. The average Bonchev–Trinajstić information content (AvgIpc) is 2.32. The van der Waals surface area contributed by atoms with Crippen LogP contribution in [-0.2, 0) is 4.79 Å². The third kappa shape index (κ3) is 3.83. The van der Waals surface area contributed by atoms with Crippen molar-refractivity contribution in [2.45, 2.75) is 46.1 Å². The van der Waals surface area contributed by atoms with Crippen LogP contribution in [-0.4, -0.2) is 41.1 Å². The lowest BCUT2D eigenvalue weighted by atomic mass is 9.89. The number of anilines is 1. The molecular formula is C17H26N2O2. The van der Waals surface area contributed by atoms with Crippen molar-refractivity contribution >= 4 is 11.6 Å². The molecule has 4 nitrogen and oxygen atoms in total. The summed E-state index contributed by atoms with van der Waals surface area (Å²) in [6, 6.07) is 4.15. The van der Waals surface area contributed by atoms with Crippen LogP contribution in [0.15, 0.2) is 12.1 Å². The first-order valence-electron chi connectivity index (χ1n) is 7.65. The van der Waals surface area contributed by atoms with Crippen LogP contribution in [0.4, 0.5) is 5.69 Å². The number of rotatable bonds is 5. The smallest absolute Gasteiger partial charge is 0.238 e. The predicted octanol–water partition coefficient (Wildman–Crippen LogP) is 2.40. The quantitative estimate of drug-likeness (QED) is 0.875. The minimum absolute atomic E-state index is 0.0106. The molecule has 0 saturated carbocycles. The van der Waals surface area contributed by atoms with Gasteiger partial charge >= 0.3 is 0 Å². The molecule has 1 heterocycles. The summed E-state index contributed by atoms with van der Waals surface area (Å²) in [5, 5.41) is 13.1. The molecule has 4 heteroatoms. The Kier molecular flexibility index (Phi) is 4.69. The summed E-state index contributed by atoms with van der Waals surface area (Å²) in [7, 11) is 0. The second-order valence-electron chi connectivity index (χ2n) is 6.44. The monoisotopic (exact) mass is 290 g/mol. The Labute approximate surface area is 127 Å². The summed E-state index contributed by atoms with van der Waals surface area (Å²) < 4.78 is 0. The van der Waals surface area contributed by atoms with E-state index in [1.54, 1.807) is 0 Å². The Morgan fingerprint density at radius 1 is 1.29 bits per heavy atom. The SMILES string of the molecule is CCCC1(O)CN(CC(=O)Nc2c(C)cc(C)cc2C)C1. The number of carbonyl (C=O) groups is 1. The maximum absolute atomic E-state index is 12.1. The molecule has 0 aliphatic carbocycles. The van der Waals surface area contributed by atoms with Crippen molar-refractivity contribution in [3.63, 3.8) is 0 Å². The van der Waals surface area contributed by atoms with Crippen LogP contribution in [0.3, 0.4) is 0 Å². The summed E-state index contributed by atoms with van der Waals surface area (Å²) in [5.41, 5.74) is 3.72. The summed E-state index contributed by atoms with van der Waals surface area (Å²) in [4.78, 5) is 14.1. The van der Waals surface area contributed by atoms with E-state index < -0.39 is 5.60 Å². The van der Waals surface area contributed by atoms with E-state index >= 15 is 0 Å². The highest BCUT2D eigenvalue weighted by atomic mass is 16.3. The highest BCUT2D eigenvalue weighted by molar-refractivity contribution is 5.93. The molecule has 21 heavy (non-hydrogen) atoms. The average molecular weight is 290 g/mol. The van der Waals surface area contributed by atoms with Gasteiger partial charge in [0, 0.05) is 18.8 Å². The summed E-state index contributed by atoms with van der Waals surface area (Å²) in [6.07, 6.45) is 1.78. The van der Waals surface area contributed by atoms with Gasteiger partial charge in [-0.1, -0.05) is 31.0 Å². The molecule has 0 spiro atoms. The van der Waals surface area contributed by atoms with Crippen LogP contribution in [0, 0.1) is 20.8 Å². The maximum atomic E-state index is 12.1. The van der Waals surface area contributed by atoms with Gasteiger partial charge in [0.2, 0.25) is 5.91 Å². The van der Waals surface area contributed by atoms with Crippen molar-refractivity contribution in [2.75, 3.05) is 25.0 Å². The molecular weight excluding hydrogens is 264 g/mol. The maximum Gasteiger partial charge on any atom is 0.238 e. The minimum Gasteiger partial charge on any atom is -0.387 e. The fraction of sp³-hybridized carbons (Fsp3) is 0.588. The van der Waals surface area contributed by atoms with Gasteiger partial charge in [-0.25, -0.2) is 0 Å². The van der Waals surface area contributed by atoms with Crippen LogP contribution < -0.4 is 5.32 Å². The van der Waals surface area contributed by atoms with E-state index in [1.165, 1.54) is 5.56 Å². The third-order valence-electron chi connectivity index (χ3n) is 4.06. The molecule has 0 radical (unpaired) electrons. The van der Waals surface area contributed by atoms with Gasteiger partial charge in [-0.2, -0.15) is 0 Å². The highest BCUT2D eigenvalue weighted by Gasteiger charge is 2.40. The zero-order chi connectivity index (χ0) is 15.6. The van der Waals surface area contributed by atoms with Gasteiger partial charge < -0.3 is 10.4 Å². The Balaban J connectivity index is 1.89. The Morgan fingerprint density at radius 3 is 2.38 bits per heavy atom. The second-order valence-corrected chi connectivity index (χ2v) is 6.44. The van der Waals surface area contributed by atoms with Crippen LogP contribution in [0.2, 0.25) is 0 Å². The highest BCUT2D eigenvalue weighted by Crippen LogP contribution is 2.26. The number of benzene rings is 1. The van der Waals surface area contributed by atoms with Crippen LogP contribution in [0.25, 0.3) is 0 Å². The van der Waals surface area contributed by atoms with Gasteiger partial charge in [0.25, 0.3) is 0 Å². The molecule has 1 saturated heterocycles. The van der Waals surface area contributed by atoms with E-state index in [0.29, 0.717) is 19.6 Å². The first kappa shape index (κ1) is 16.0. The lowest BCUT2D eigenvalue weighted by Crippen LogP contribution is -2.62. The molecule has 1 amide bonds. The number of β-amino-alcohol motifs (C(OH)–C–C–N with tert-alkyl or cyclic N) is 1. The molecule has 2 rings (SSSR count). The summed E-state index contributed by atoms with van der Waals surface area (Å²) >= 11 is 0. The third-order valence-corrected chi connectivity index (χ3v) is 4.06. The largest absolute Gasteiger partial charge is 0.387 e. The number of nitrogens with one attached hydrogen (secondary N) is 1. The van der Waals surface area contributed by atoms with Crippen LogP contribution in [0.1, 0.15) is 36.5 Å². The van der Waals surface area contributed by atoms with Gasteiger partial charge in [0.15, 0.2) is 0 Å². The molecule has 1 aromatic rings. The normalized spacial score (nSPS) is 17.4. The standard InChI is InChI=1S/C17H26N2O2/c1-5-6-17(21)10-19(11-17)9-15(20)18-16-13(3)7-12(2)8-14(16)4/h7-8,21H,5-6,9-11H2,1-4H3,(H,18,20). The summed E-state index contributed by atoms with van der Waals surface area (Å²) in [5.74, 6) is -0.0106. The first-order valence-corrected chi connectivity index (χ1v) is 7.65. The van der Waals surface area contributed by atoms with Crippen molar-refractivity contribution in [3.8, 4) is 0 Å². The first-order chi connectivity index (χ1) is 9.83. The number of nitrogens with zero attached hydrogens (tertiary/aromatic N) is 1. The molecule has 1 fully saturated rings. The molecule has 1 aromatic carbocycles. The van der Waals surface area contributed by atoms with Crippen LogP contribution >= 0.6 is 0 Å². The number of carbonyl (C=O) groups excluding carboxylic acids is 1. The van der Waals surface area contributed by atoms with Crippen molar-refractivity contribution in [1.29, 1.82) is 0 Å². The number of aryl methyl sites for hydroxylation is 3. The molecule has 116 valence electrons. The van der Waals surface area contributed by atoms with Crippen molar-refractivity contribution in [1.82, 2.24) is 4.90 Å². The second kappa shape index (κ2) is 6.16. The fourth-order valence-electron chi connectivity index (χ4n) is 3.28. The zero-order valence-electron chi connectivity index (χ0n) is 13.5. The van der Waals surface area contributed by atoms with Gasteiger partial charge in [0.05, 0.1) is 12.1 Å². The minimum atomic E-state index is -0.579. The van der Waals surface area contributed by atoms with E-state index in [-0.39, 0.29) is 5.91 Å². The predicted molar refractivity (Wildman–Crippen MR) is 85.6 cm³/mol. The number of hydrogen-bond acceptors (Lipinski definition) is 3. The number of aliphatic hydroxyl groups is 1.